The molecule has 7 heteroatoms. The second-order valence-electron chi connectivity index (χ2n) is 6.17. The Morgan fingerprint density at radius 2 is 2.04 bits per heavy atom. The van der Waals surface area contributed by atoms with E-state index in [4.69, 9.17) is 4.52 Å². The summed E-state index contributed by atoms with van der Waals surface area (Å²) in [5, 5.41) is 3.99. The lowest BCUT2D eigenvalue weighted by atomic mass is 10.1. The second-order valence-corrected chi connectivity index (χ2v) is 7.08. The van der Waals surface area contributed by atoms with E-state index >= 15 is 0 Å². The number of likely N-dealkylation sites (tertiary alicyclic amines) is 1. The van der Waals surface area contributed by atoms with Crippen LogP contribution in [0.15, 0.2) is 57.5 Å². The summed E-state index contributed by atoms with van der Waals surface area (Å²) in [6, 6.07) is 13.5. The van der Waals surface area contributed by atoms with Crippen LogP contribution in [0.1, 0.15) is 30.3 Å². The van der Waals surface area contributed by atoms with Crippen LogP contribution in [0.3, 0.4) is 0 Å². The van der Waals surface area contributed by atoms with Crippen molar-refractivity contribution in [1.29, 1.82) is 0 Å². The van der Waals surface area contributed by atoms with Crippen LogP contribution < -0.4 is 0 Å². The van der Waals surface area contributed by atoms with Gasteiger partial charge in [-0.3, -0.25) is 4.79 Å². The van der Waals surface area contributed by atoms with Crippen molar-refractivity contribution in [3.05, 3.63) is 70.3 Å². The summed E-state index contributed by atoms with van der Waals surface area (Å²) in [5.74, 6) is 0.544. The van der Waals surface area contributed by atoms with Gasteiger partial charge in [0, 0.05) is 23.0 Å². The Morgan fingerprint density at radius 3 is 2.81 bits per heavy atom. The van der Waals surface area contributed by atoms with Gasteiger partial charge in [0.2, 0.25) is 17.6 Å². The van der Waals surface area contributed by atoms with Crippen molar-refractivity contribution in [3.63, 3.8) is 0 Å². The number of aromatic nitrogens is 2. The lowest BCUT2D eigenvalue weighted by molar-refractivity contribution is -0.129. The molecule has 132 valence electrons. The molecule has 0 saturated carbocycles. The van der Waals surface area contributed by atoms with Gasteiger partial charge >= 0.3 is 0 Å². The van der Waals surface area contributed by atoms with Crippen LogP contribution in [0, 0.1) is 5.82 Å². The number of hydrogen-bond donors (Lipinski definition) is 0. The molecular weight excluding hydrogens is 401 g/mol. The highest BCUT2D eigenvalue weighted by atomic mass is 79.9. The molecule has 0 spiro atoms. The zero-order chi connectivity index (χ0) is 18.1. The Kier molecular flexibility index (Phi) is 4.55. The molecule has 2 heterocycles. The predicted molar refractivity (Wildman–Crippen MR) is 96.4 cm³/mol. The number of amides is 1. The Labute approximate surface area is 158 Å². The molecular formula is C19H15BrFN3O2. The van der Waals surface area contributed by atoms with E-state index in [2.05, 4.69) is 26.1 Å². The van der Waals surface area contributed by atoms with Crippen molar-refractivity contribution >= 4 is 21.8 Å². The van der Waals surface area contributed by atoms with E-state index in [1.165, 1.54) is 12.1 Å². The molecule has 4 rings (SSSR count). The third-order valence-electron chi connectivity index (χ3n) is 4.40. The number of hydrogen-bond acceptors (Lipinski definition) is 4. The van der Waals surface area contributed by atoms with E-state index < -0.39 is 0 Å². The average molecular weight is 416 g/mol. The first-order chi connectivity index (χ1) is 12.6. The van der Waals surface area contributed by atoms with Crippen molar-refractivity contribution < 1.29 is 13.7 Å². The van der Waals surface area contributed by atoms with Crippen LogP contribution in [0.4, 0.5) is 4.39 Å². The summed E-state index contributed by atoms with van der Waals surface area (Å²) in [5.41, 5.74) is 1.70. The number of rotatable bonds is 4. The highest BCUT2D eigenvalue weighted by Crippen LogP contribution is 2.34. The molecule has 1 aliphatic heterocycles. The molecule has 1 saturated heterocycles. The van der Waals surface area contributed by atoms with Crippen LogP contribution in [0.25, 0.3) is 11.4 Å². The van der Waals surface area contributed by atoms with Gasteiger partial charge in [-0.05, 0) is 48.4 Å². The fourth-order valence-electron chi connectivity index (χ4n) is 3.11. The van der Waals surface area contributed by atoms with Crippen LogP contribution in [-0.2, 0) is 11.3 Å². The SMILES string of the molecule is O=C1CCC(c2nc(-c3ccc(F)cc3)no2)N1Cc1cccc(Br)c1. The minimum Gasteiger partial charge on any atom is -0.337 e. The highest BCUT2D eigenvalue weighted by molar-refractivity contribution is 9.10. The molecule has 1 amide bonds. The summed E-state index contributed by atoms with van der Waals surface area (Å²) in [7, 11) is 0. The van der Waals surface area contributed by atoms with Gasteiger partial charge in [0.05, 0.1) is 0 Å². The van der Waals surface area contributed by atoms with E-state index in [1.807, 2.05) is 24.3 Å². The highest BCUT2D eigenvalue weighted by Gasteiger charge is 2.36. The van der Waals surface area contributed by atoms with Crippen molar-refractivity contribution in [3.8, 4) is 11.4 Å². The molecule has 2 aromatic carbocycles. The van der Waals surface area contributed by atoms with Gasteiger partial charge < -0.3 is 9.42 Å². The average Bonchev–Trinajstić information content (AvgIpc) is 3.24. The smallest absolute Gasteiger partial charge is 0.249 e. The lowest BCUT2D eigenvalue weighted by Gasteiger charge is -2.22. The van der Waals surface area contributed by atoms with Gasteiger partial charge in [-0.1, -0.05) is 33.2 Å². The molecule has 1 aromatic heterocycles. The summed E-state index contributed by atoms with van der Waals surface area (Å²) in [6.07, 6.45) is 1.09. The van der Waals surface area contributed by atoms with E-state index in [-0.39, 0.29) is 17.8 Å². The van der Waals surface area contributed by atoms with Crippen LogP contribution in [0.5, 0.6) is 0 Å². The standard InChI is InChI=1S/C19H15BrFN3O2/c20-14-3-1-2-12(10-14)11-24-16(8-9-17(24)25)19-22-18(23-26-19)13-4-6-15(21)7-5-13/h1-7,10,16H,8-9,11H2. The first-order valence-corrected chi connectivity index (χ1v) is 9.03. The monoisotopic (exact) mass is 415 g/mol. The predicted octanol–water partition coefficient (Wildman–Crippen LogP) is 4.50. The molecule has 1 fully saturated rings. The fraction of sp³-hybridized carbons (Fsp3) is 0.211. The molecule has 26 heavy (non-hydrogen) atoms. The normalized spacial score (nSPS) is 17.1. The molecule has 3 aromatic rings. The third kappa shape index (κ3) is 3.39. The summed E-state index contributed by atoms with van der Waals surface area (Å²) in [4.78, 5) is 18.5. The van der Waals surface area contributed by atoms with Crippen molar-refractivity contribution in [2.24, 2.45) is 0 Å². The Morgan fingerprint density at radius 1 is 1.23 bits per heavy atom. The lowest BCUT2D eigenvalue weighted by Crippen LogP contribution is -2.27. The Hall–Kier alpha value is -2.54. The maximum absolute atomic E-state index is 13.1. The first kappa shape index (κ1) is 16.9. The molecule has 1 unspecified atom stereocenters. The van der Waals surface area contributed by atoms with Gasteiger partial charge in [-0.15, -0.1) is 0 Å². The topological polar surface area (TPSA) is 59.2 Å². The number of carbonyl (C=O) groups is 1. The Balaban J connectivity index is 1.58. The summed E-state index contributed by atoms with van der Waals surface area (Å²) >= 11 is 3.45. The number of nitrogens with zero attached hydrogens (tertiary/aromatic N) is 3. The van der Waals surface area contributed by atoms with E-state index in [9.17, 15) is 9.18 Å². The summed E-state index contributed by atoms with van der Waals surface area (Å²) < 4.78 is 19.5. The van der Waals surface area contributed by atoms with Crippen molar-refractivity contribution in [1.82, 2.24) is 15.0 Å². The van der Waals surface area contributed by atoms with Crippen LogP contribution in [0.2, 0.25) is 0 Å². The largest absolute Gasteiger partial charge is 0.337 e. The molecule has 1 aliphatic rings. The molecule has 0 aliphatic carbocycles. The zero-order valence-electron chi connectivity index (χ0n) is 13.7. The third-order valence-corrected chi connectivity index (χ3v) is 4.89. The van der Waals surface area contributed by atoms with E-state index in [0.29, 0.717) is 36.7 Å². The molecule has 0 N–H and O–H groups in total. The minimum atomic E-state index is -0.320. The second kappa shape index (κ2) is 6.99. The van der Waals surface area contributed by atoms with E-state index in [1.54, 1.807) is 17.0 Å². The van der Waals surface area contributed by atoms with Crippen LogP contribution in [-0.4, -0.2) is 20.9 Å². The molecule has 5 nitrogen and oxygen atoms in total. The van der Waals surface area contributed by atoms with Crippen molar-refractivity contribution in [2.75, 3.05) is 0 Å². The van der Waals surface area contributed by atoms with Crippen LogP contribution >= 0.6 is 15.9 Å². The van der Waals surface area contributed by atoms with E-state index in [0.717, 1.165) is 10.0 Å². The molecule has 1 atom stereocenters. The molecule has 0 radical (unpaired) electrons. The summed E-state index contributed by atoms with van der Waals surface area (Å²) in [6.45, 7) is 0.483. The molecule has 0 bridgehead atoms. The van der Waals surface area contributed by atoms with Gasteiger partial charge in [-0.2, -0.15) is 4.98 Å². The van der Waals surface area contributed by atoms with Gasteiger partial charge in [-0.25, -0.2) is 4.39 Å². The fourth-order valence-corrected chi connectivity index (χ4v) is 3.55. The van der Waals surface area contributed by atoms with Gasteiger partial charge in [0.1, 0.15) is 11.9 Å². The minimum absolute atomic E-state index is 0.0662. The quantitative estimate of drug-likeness (QED) is 0.629. The first-order valence-electron chi connectivity index (χ1n) is 8.23. The van der Waals surface area contributed by atoms with Gasteiger partial charge in [0.15, 0.2) is 0 Å². The number of carbonyl (C=O) groups excluding carboxylic acids is 1. The Bertz CT molecular complexity index is 942. The number of benzene rings is 2. The maximum atomic E-state index is 13.1. The van der Waals surface area contributed by atoms with Gasteiger partial charge in [0.25, 0.3) is 0 Å². The zero-order valence-corrected chi connectivity index (χ0v) is 15.3. The number of halogens is 2. The van der Waals surface area contributed by atoms with Crippen molar-refractivity contribution in [2.45, 2.75) is 25.4 Å². The maximum Gasteiger partial charge on any atom is 0.249 e.